The number of carbonyl (C=O) groups is 2. The number of amides is 1. The molecule has 0 radical (unpaired) electrons. The number of hydrogen-bond acceptors (Lipinski definition) is 4. The summed E-state index contributed by atoms with van der Waals surface area (Å²) < 4.78 is 0. The van der Waals surface area contributed by atoms with E-state index >= 15 is 0 Å². The summed E-state index contributed by atoms with van der Waals surface area (Å²) in [6, 6.07) is 2.81. The molecule has 1 aromatic heterocycles. The van der Waals surface area contributed by atoms with Gasteiger partial charge in [0.2, 0.25) is 0 Å². The summed E-state index contributed by atoms with van der Waals surface area (Å²) in [5.74, 6) is -1.35. The number of nitrogens with zero attached hydrogens (tertiary/aromatic N) is 2. The van der Waals surface area contributed by atoms with Crippen LogP contribution in [0.2, 0.25) is 0 Å². The predicted octanol–water partition coefficient (Wildman–Crippen LogP) is 1.24. The van der Waals surface area contributed by atoms with Crippen molar-refractivity contribution in [1.82, 2.24) is 15.2 Å². The van der Waals surface area contributed by atoms with Crippen LogP contribution in [0.15, 0.2) is 18.3 Å². The molecule has 0 saturated heterocycles. The maximum atomic E-state index is 12.0. The highest BCUT2D eigenvalue weighted by Crippen LogP contribution is 2.01. The summed E-state index contributed by atoms with van der Waals surface area (Å²) in [6.45, 7) is 8.74. The molecule has 0 fully saturated rings. The Labute approximate surface area is 118 Å². The van der Waals surface area contributed by atoms with Gasteiger partial charge in [0.05, 0.1) is 5.56 Å². The van der Waals surface area contributed by atoms with Crippen LogP contribution < -0.4 is 5.32 Å². The Morgan fingerprint density at radius 3 is 2.45 bits per heavy atom. The van der Waals surface area contributed by atoms with Crippen LogP contribution in [0, 0.1) is 0 Å². The normalized spacial score (nSPS) is 12.2. The van der Waals surface area contributed by atoms with Gasteiger partial charge in [-0.1, -0.05) is 13.8 Å². The van der Waals surface area contributed by atoms with Crippen LogP contribution in [0.4, 0.5) is 0 Å². The van der Waals surface area contributed by atoms with Crippen molar-refractivity contribution in [2.75, 3.05) is 19.6 Å². The van der Waals surface area contributed by atoms with E-state index < -0.39 is 5.97 Å². The van der Waals surface area contributed by atoms with Crippen LogP contribution >= 0.6 is 0 Å². The lowest BCUT2D eigenvalue weighted by Crippen LogP contribution is -2.42. The third kappa shape index (κ3) is 4.62. The second-order valence-corrected chi connectivity index (χ2v) is 4.60. The van der Waals surface area contributed by atoms with Crippen molar-refractivity contribution in [2.24, 2.45) is 0 Å². The number of carboxylic acid groups (broad SMARTS) is 1. The Kier molecular flexibility index (Phi) is 6.11. The monoisotopic (exact) mass is 279 g/mol. The molecule has 1 amide bonds. The zero-order chi connectivity index (χ0) is 15.1. The molecule has 110 valence electrons. The van der Waals surface area contributed by atoms with Gasteiger partial charge in [-0.3, -0.25) is 4.79 Å². The molecule has 0 saturated carbocycles. The largest absolute Gasteiger partial charge is 0.477 e. The zero-order valence-corrected chi connectivity index (χ0v) is 12.1. The van der Waals surface area contributed by atoms with Crippen LogP contribution in [-0.4, -0.2) is 52.5 Å². The Bertz CT molecular complexity index is 455. The Balaban J connectivity index is 2.59. The molecule has 1 aromatic rings. The molecule has 1 unspecified atom stereocenters. The van der Waals surface area contributed by atoms with Gasteiger partial charge in [-0.25, -0.2) is 9.78 Å². The van der Waals surface area contributed by atoms with Crippen LogP contribution in [0.5, 0.6) is 0 Å². The highest BCUT2D eigenvalue weighted by atomic mass is 16.4. The first-order chi connectivity index (χ1) is 9.47. The van der Waals surface area contributed by atoms with Gasteiger partial charge in [0, 0.05) is 18.8 Å². The van der Waals surface area contributed by atoms with Gasteiger partial charge < -0.3 is 15.3 Å². The fourth-order valence-electron chi connectivity index (χ4n) is 1.88. The minimum atomic E-state index is -1.10. The maximum Gasteiger partial charge on any atom is 0.354 e. The standard InChI is InChI=1S/C14H21N3O3/c1-4-17(5-2)9-10(3)16-13(18)11-6-7-12(14(19)20)15-8-11/h6-8,10H,4-5,9H2,1-3H3,(H,16,18)(H,19,20). The molecule has 0 aliphatic carbocycles. The number of carboxylic acids is 1. The second kappa shape index (κ2) is 7.59. The van der Waals surface area contributed by atoms with Gasteiger partial charge in [0.1, 0.15) is 5.69 Å². The van der Waals surface area contributed by atoms with E-state index in [0.717, 1.165) is 19.6 Å². The molecule has 6 heteroatoms. The van der Waals surface area contributed by atoms with Crippen molar-refractivity contribution in [3.8, 4) is 0 Å². The molecule has 0 spiro atoms. The van der Waals surface area contributed by atoms with E-state index in [-0.39, 0.29) is 17.6 Å². The fraction of sp³-hybridized carbons (Fsp3) is 0.500. The number of aromatic nitrogens is 1. The fourth-order valence-corrected chi connectivity index (χ4v) is 1.88. The first-order valence-electron chi connectivity index (χ1n) is 6.70. The van der Waals surface area contributed by atoms with Crippen LogP contribution in [-0.2, 0) is 0 Å². The Morgan fingerprint density at radius 2 is 2.00 bits per heavy atom. The average molecular weight is 279 g/mol. The van der Waals surface area contributed by atoms with Gasteiger partial charge in [0.25, 0.3) is 5.91 Å². The summed E-state index contributed by atoms with van der Waals surface area (Å²) in [5, 5.41) is 11.6. The van der Waals surface area contributed by atoms with Crippen LogP contribution in [0.1, 0.15) is 41.6 Å². The molecule has 0 bridgehead atoms. The second-order valence-electron chi connectivity index (χ2n) is 4.60. The Hall–Kier alpha value is -1.95. The molecule has 2 N–H and O–H groups in total. The number of aromatic carboxylic acids is 1. The van der Waals surface area contributed by atoms with Crippen molar-refractivity contribution in [3.05, 3.63) is 29.6 Å². The molecular weight excluding hydrogens is 258 g/mol. The molecule has 0 aromatic carbocycles. The van der Waals surface area contributed by atoms with Crippen molar-refractivity contribution < 1.29 is 14.7 Å². The van der Waals surface area contributed by atoms with Gasteiger partial charge >= 0.3 is 5.97 Å². The van der Waals surface area contributed by atoms with E-state index in [1.54, 1.807) is 0 Å². The number of hydrogen-bond donors (Lipinski definition) is 2. The first kappa shape index (κ1) is 16.1. The topological polar surface area (TPSA) is 82.5 Å². The van der Waals surface area contributed by atoms with Gasteiger partial charge in [0.15, 0.2) is 0 Å². The minimum absolute atomic E-state index is 0.0153. The van der Waals surface area contributed by atoms with E-state index in [4.69, 9.17) is 5.11 Å². The molecule has 20 heavy (non-hydrogen) atoms. The van der Waals surface area contributed by atoms with Crippen molar-refractivity contribution >= 4 is 11.9 Å². The summed E-state index contributed by atoms with van der Waals surface area (Å²) >= 11 is 0. The van der Waals surface area contributed by atoms with Crippen molar-refractivity contribution in [3.63, 3.8) is 0 Å². The van der Waals surface area contributed by atoms with Gasteiger partial charge in [-0.15, -0.1) is 0 Å². The molecule has 0 aliphatic rings. The SMILES string of the molecule is CCN(CC)CC(C)NC(=O)c1ccc(C(=O)O)nc1. The van der Waals surface area contributed by atoms with Crippen molar-refractivity contribution in [2.45, 2.75) is 26.8 Å². The number of likely N-dealkylation sites (N-methyl/N-ethyl adjacent to an activating group) is 1. The van der Waals surface area contributed by atoms with E-state index in [1.807, 2.05) is 6.92 Å². The smallest absolute Gasteiger partial charge is 0.354 e. The predicted molar refractivity (Wildman–Crippen MR) is 75.9 cm³/mol. The number of pyridine rings is 1. The van der Waals surface area contributed by atoms with Crippen molar-refractivity contribution in [1.29, 1.82) is 0 Å². The van der Waals surface area contributed by atoms with Crippen LogP contribution in [0.3, 0.4) is 0 Å². The van der Waals surface area contributed by atoms with E-state index in [2.05, 4.69) is 29.0 Å². The van der Waals surface area contributed by atoms with Gasteiger partial charge in [-0.2, -0.15) is 0 Å². The summed E-state index contributed by atoms with van der Waals surface area (Å²) in [7, 11) is 0. The van der Waals surface area contributed by atoms with E-state index in [0.29, 0.717) is 5.56 Å². The molecule has 6 nitrogen and oxygen atoms in total. The highest BCUT2D eigenvalue weighted by molar-refractivity contribution is 5.95. The number of nitrogens with one attached hydrogen (secondary N) is 1. The Morgan fingerprint density at radius 1 is 1.35 bits per heavy atom. The third-order valence-corrected chi connectivity index (χ3v) is 3.05. The maximum absolute atomic E-state index is 12.0. The van der Waals surface area contributed by atoms with Crippen LogP contribution in [0.25, 0.3) is 0 Å². The molecular formula is C14H21N3O3. The van der Waals surface area contributed by atoms with E-state index in [9.17, 15) is 9.59 Å². The average Bonchev–Trinajstić information content (AvgIpc) is 2.44. The first-order valence-corrected chi connectivity index (χ1v) is 6.70. The van der Waals surface area contributed by atoms with E-state index in [1.165, 1.54) is 18.3 Å². The molecule has 1 atom stereocenters. The van der Waals surface area contributed by atoms with Gasteiger partial charge in [-0.05, 0) is 32.1 Å². The lowest BCUT2D eigenvalue weighted by atomic mass is 10.2. The zero-order valence-electron chi connectivity index (χ0n) is 12.1. The quantitative estimate of drug-likeness (QED) is 0.784. The molecule has 0 aliphatic heterocycles. The molecule has 1 rings (SSSR count). The third-order valence-electron chi connectivity index (χ3n) is 3.05. The molecule has 1 heterocycles. The summed E-state index contributed by atoms with van der Waals surface area (Å²) in [6.07, 6.45) is 1.28. The minimum Gasteiger partial charge on any atom is -0.477 e. The summed E-state index contributed by atoms with van der Waals surface area (Å²) in [5.41, 5.74) is 0.291. The highest BCUT2D eigenvalue weighted by Gasteiger charge is 2.13. The lowest BCUT2D eigenvalue weighted by Gasteiger charge is -2.23. The summed E-state index contributed by atoms with van der Waals surface area (Å²) in [4.78, 5) is 28.6. The number of rotatable bonds is 7. The lowest BCUT2D eigenvalue weighted by molar-refractivity contribution is 0.0689. The number of carbonyl (C=O) groups excluding carboxylic acids is 1.